The molecule has 0 aromatic heterocycles. The number of phenols is 1. The summed E-state index contributed by atoms with van der Waals surface area (Å²) in [7, 11) is 1.60. The number of nitriles is 1. The van der Waals surface area contributed by atoms with E-state index in [2.05, 4.69) is 5.32 Å². The Morgan fingerprint density at radius 3 is 2.26 bits per heavy atom. The van der Waals surface area contributed by atoms with E-state index in [-0.39, 0.29) is 11.3 Å². The van der Waals surface area contributed by atoms with Crippen LogP contribution in [0.3, 0.4) is 0 Å². The lowest BCUT2D eigenvalue weighted by molar-refractivity contribution is -0.112. The summed E-state index contributed by atoms with van der Waals surface area (Å²) in [6, 6.07) is 30.6. The maximum atomic E-state index is 12.4. The summed E-state index contributed by atoms with van der Waals surface area (Å²) in [4.78, 5) is 12.4. The molecule has 190 valence electrons. The molecule has 0 radical (unpaired) electrons. The molecular formula is C31H26N2O5. The molecule has 0 aliphatic rings. The number of phenolic OH excluding ortho intramolecular Hbond substituents is 1. The first-order valence-corrected chi connectivity index (χ1v) is 11.8. The lowest BCUT2D eigenvalue weighted by Gasteiger charge is -2.13. The van der Waals surface area contributed by atoms with E-state index in [1.807, 2.05) is 54.6 Å². The van der Waals surface area contributed by atoms with Gasteiger partial charge in [0.25, 0.3) is 5.91 Å². The molecule has 0 spiro atoms. The maximum absolute atomic E-state index is 12.4. The molecular weight excluding hydrogens is 480 g/mol. The van der Waals surface area contributed by atoms with Gasteiger partial charge in [-0.1, -0.05) is 48.5 Å². The normalized spacial score (nSPS) is 10.8. The zero-order chi connectivity index (χ0) is 26.7. The van der Waals surface area contributed by atoms with Gasteiger partial charge in [0.1, 0.15) is 36.4 Å². The third kappa shape index (κ3) is 7.15. The van der Waals surface area contributed by atoms with Crippen LogP contribution in [-0.2, 0) is 18.0 Å². The molecule has 4 rings (SSSR count). The molecule has 0 heterocycles. The fraction of sp³-hybridized carbons (Fsp3) is 0.0968. The summed E-state index contributed by atoms with van der Waals surface area (Å²) in [6.07, 6.45) is 1.50. The van der Waals surface area contributed by atoms with Crippen LogP contribution in [0.15, 0.2) is 103 Å². The van der Waals surface area contributed by atoms with Crippen molar-refractivity contribution in [1.82, 2.24) is 0 Å². The second-order valence-corrected chi connectivity index (χ2v) is 8.29. The monoisotopic (exact) mass is 506 g/mol. The molecule has 4 aromatic carbocycles. The third-order valence-electron chi connectivity index (χ3n) is 5.55. The Morgan fingerprint density at radius 2 is 1.58 bits per heavy atom. The molecule has 1 amide bonds. The number of carbonyl (C=O) groups is 1. The molecule has 0 saturated heterocycles. The first kappa shape index (κ1) is 25.9. The standard InChI is InChI=1S/C31H26N2O5/c1-36-30-18-24(9-16-29(30)38-20-23-5-3-2-4-6-23)21-37-28-14-7-22(8-15-28)17-25(19-32)31(35)33-26-10-12-27(34)13-11-26/h2-18,34H,20-21H2,1H3,(H,33,35)/b25-17+. The van der Waals surface area contributed by atoms with Crippen LogP contribution in [0.4, 0.5) is 5.69 Å². The van der Waals surface area contributed by atoms with Crippen LogP contribution in [0.25, 0.3) is 6.08 Å². The minimum Gasteiger partial charge on any atom is -0.508 e. The molecule has 0 aliphatic carbocycles. The number of aromatic hydroxyl groups is 1. The minimum absolute atomic E-state index is 0.0478. The molecule has 2 N–H and O–H groups in total. The molecule has 7 nitrogen and oxygen atoms in total. The quantitative estimate of drug-likeness (QED) is 0.153. The molecule has 4 aromatic rings. The molecule has 0 aliphatic heterocycles. The summed E-state index contributed by atoms with van der Waals surface area (Å²) in [5.74, 6) is 1.46. The summed E-state index contributed by atoms with van der Waals surface area (Å²) < 4.78 is 17.3. The van der Waals surface area contributed by atoms with Crippen molar-refractivity contribution in [1.29, 1.82) is 5.26 Å². The number of nitrogens with zero attached hydrogens (tertiary/aromatic N) is 1. The van der Waals surface area contributed by atoms with Crippen molar-refractivity contribution < 1.29 is 24.1 Å². The summed E-state index contributed by atoms with van der Waals surface area (Å²) in [5, 5.41) is 21.4. The first-order valence-electron chi connectivity index (χ1n) is 11.8. The number of rotatable bonds is 10. The van der Waals surface area contributed by atoms with Crippen molar-refractivity contribution in [3.8, 4) is 29.1 Å². The van der Waals surface area contributed by atoms with Gasteiger partial charge in [0.15, 0.2) is 11.5 Å². The predicted octanol–water partition coefficient (Wildman–Crippen LogP) is 6.10. The van der Waals surface area contributed by atoms with Crippen molar-refractivity contribution in [2.24, 2.45) is 0 Å². The summed E-state index contributed by atoms with van der Waals surface area (Å²) in [6.45, 7) is 0.767. The van der Waals surface area contributed by atoms with E-state index in [9.17, 15) is 15.2 Å². The van der Waals surface area contributed by atoms with Gasteiger partial charge in [0, 0.05) is 5.69 Å². The molecule has 0 fully saturated rings. The van der Waals surface area contributed by atoms with Gasteiger partial charge in [-0.25, -0.2) is 0 Å². The van der Waals surface area contributed by atoms with E-state index >= 15 is 0 Å². The van der Waals surface area contributed by atoms with Gasteiger partial charge in [0.2, 0.25) is 0 Å². The molecule has 7 heteroatoms. The Hall–Kier alpha value is -5.22. The smallest absolute Gasteiger partial charge is 0.266 e. The van der Waals surface area contributed by atoms with Gasteiger partial charge < -0.3 is 24.6 Å². The SMILES string of the molecule is COc1cc(COc2ccc(/C=C(\C#N)C(=O)Nc3ccc(O)cc3)cc2)ccc1OCc1ccccc1. The van der Waals surface area contributed by atoms with E-state index in [1.165, 1.54) is 18.2 Å². The highest BCUT2D eigenvalue weighted by molar-refractivity contribution is 6.09. The highest BCUT2D eigenvalue weighted by Gasteiger charge is 2.10. The van der Waals surface area contributed by atoms with Crippen LogP contribution in [0.2, 0.25) is 0 Å². The highest BCUT2D eigenvalue weighted by atomic mass is 16.5. The Bertz CT molecular complexity index is 1440. The van der Waals surface area contributed by atoms with Crippen LogP contribution < -0.4 is 19.5 Å². The molecule has 0 bridgehead atoms. The molecule has 0 atom stereocenters. The molecule has 0 unspecified atom stereocenters. The van der Waals surface area contributed by atoms with Crippen LogP contribution in [0.5, 0.6) is 23.0 Å². The number of ether oxygens (including phenoxy) is 3. The van der Waals surface area contributed by atoms with Gasteiger partial charge in [-0.05, 0) is 71.3 Å². The van der Waals surface area contributed by atoms with E-state index in [1.54, 1.807) is 43.5 Å². The average Bonchev–Trinajstić information content (AvgIpc) is 2.96. The maximum Gasteiger partial charge on any atom is 0.266 e. The van der Waals surface area contributed by atoms with Crippen molar-refractivity contribution in [3.05, 3.63) is 119 Å². The fourth-order valence-corrected chi connectivity index (χ4v) is 3.54. The first-order chi connectivity index (χ1) is 18.5. The van der Waals surface area contributed by atoms with Crippen LogP contribution >= 0.6 is 0 Å². The number of hydrogen-bond donors (Lipinski definition) is 2. The van der Waals surface area contributed by atoms with E-state index in [4.69, 9.17) is 14.2 Å². The Kier molecular flexibility index (Phi) is 8.61. The van der Waals surface area contributed by atoms with E-state index < -0.39 is 5.91 Å². The predicted molar refractivity (Wildman–Crippen MR) is 145 cm³/mol. The Morgan fingerprint density at radius 1 is 0.868 bits per heavy atom. The fourth-order valence-electron chi connectivity index (χ4n) is 3.54. The molecule has 38 heavy (non-hydrogen) atoms. The third-order valence-corrected chi connectivity index (χ3v) is 5.55. The number of anilines is 1. The topological polar surface area (TPSA) is 101 Å². The second kappa shape index (κ2) is 12.7. The van der Waals surface area contributed by atoms with Crippen LogP contribution in [0.1, 0.15) is 16.7 Å². The number of amides is 1. The van der Waals surface area contributed by atoms with Gasteiger partial charge in [-0.2, -0.15) is 5.26 Å². The van der Waals surface area contributed by atoms with Crippen LogP contribution in [-0.4, -0.2) is 18.1 Å². The number of carbonyl (C=O) groups excluding carboxylic acids is 1. The lowest BCUT2D eigenvalue weighted by atomic mass is 10.1. The zero-order valence-corrected chi connectivity index (χ0v) is 20.8. The number of benzene rings is 4. The van der Waals surface area contributed by atoms with Crippen LogP contribution in [0, 0.1) is 11.3 Å². The zero-order valence-electron chi connectivity index (χ0n) is 20.8. The van der Waals surface area contributed by atoms with Gasteiger partial charge in [-0.3, -0.25) is 4.79 Å². The highest BCUT2D eigenvalue weighted by Crippen LogP contribution is 2.29. The minimum atomic E-state index is -0.538. The molecule has 0 saturated carbocycles. The van der Waals surface area contributed by atoms with E-state index in [0.717, 1.165) is 11.1 Å². The second-order valence-electron chi connectivity index (χ2n) is 8.29. The Balaban J connectivity index is 1.34. The number of nitrogens with one attached hydrogen (secondary N) is 1. The largest absolute Gasteiger partial charge is 0.508 e. The van der Waals surface area contributed by atoms with Crippen molar-refractivity contribution in [2.75, 3.05) is 12.4 Å². The van der Waals surface area contributed by atoms with Gasteiger partial charge in [0.05, 0.1) is 7.11 Å². The number of methoxy groups -OCH3 is 1. The summed E-state index contributed by atoms with van der Waals surface area (Å²) in [5.41, 5.74) is 3.09. The van der Waals surface area contributed by atoms with Gasteiger partial charge >= 0.3 is 0 Å². The van der Waals surface area contributed by atoms with Crippen molar-refractivity contribution in [2.45, 2.75) is 13.2 Å². The summed E-state index contributed by atoms with van der Waals surface area (Å²) >= 11 is 0. The van der Waals surface area contributed by atoms with Crippen molar-refractivity contribution >= 4 is 17.7 Å². The Labute approximate surface area is 221 Å². The average molecular weight is 507 g/mol. The van der Waals surface area contributed by atoms with Gasteiger partial charge in [-0.15, -0.1) is 0 Å². The van der Waals surface area contributed by atoms with Crippen molar-refractivity contribution in [3.63, 3.8) is 0 Å². The van der Waals surface area contributed by atoms with E-state index in [0.29, 0.717) is 41.7 Å². The number of hydrogen-bond acceptors (Lipinski definition) is 6. The lowest BCUT2D eigenvalue weighted by Crippen LogP contribution is -2.13.